The molecule has 1 amide bonds. The predicted octanol–water partition coefficient (Wildman–Crippen LogP) is 4.40. The van der Waals surface area contributed by atoms with Crippen LogP contribution in [0.3, 0.4) is 0 Å². The molecular formula is C20H29IN4O2. The van der Waals surface area contributed by atoms with Crippen LogP contribution in [0.15, 0.2) is 52.1 Å². The van der Waals surface area contributed by atoms with Crippen LogP contribution in [0.2, 0.25) is 0 Å². The molecule has 0 fully saturated rings. The topological polar surface area (TPSA) is 78.7 Å². The third kappa shape index (κ3) is 8.47. The summed E-state index contributed by atoms with van der Waals surface area (Å²) in [5.41, 5.74) is 1.74. The molecule has 0 radical (unpaired) electrons. The van der Waals surface area contributed by atoms with E-state index in [0.717, 1.165) is 36.7 Å². The number of hydrogen-bond acceptors (Lipinski definition) is 3. The van der Waals surface area contributed by atoms with Gasteiger partial charge in [0.25, 0.3) is 5.91 Å². The first-order chi connectivity index (χ1) is 12.7. The van der Waals surface area contributed by atoms with Crippen LogP contribution in [-0.4, -0.2) is 25.0 Å². The number of unbranched alkanes of at least 4 members (excludes halogenated alkanes) is 2. The number of hydrogen-bond donors (Lipinski definition) is 3. The summed E-state index contributed by atoms with van der Waals surface area (Å²) in [6.45, 7) is 6.51. The number of nitrogens with zero attached hydrogens (tertiary/aromatic N) is 1. The summed E-state index contributed by atoms with van der Waals surface area (Å²) in [7, 11) is 0. The van der Waals surface area contributed by atoms with Gasteiger partial charge in [-0.3, -0.25) is 4.79 Å². The molecule has 3 N–H and O–H groups in total. The highest BCUT2D eigenvalue weighted by atomic mass is 127. The molecule has 2 aromatic rings. The predicted molar refractivity (Wildman–Crippen MR) is 121 cm³/mol. The lowest BCUT2D eigenvalue weighted by Crippen LogP contribution is -2.37. The van der Waals surface area contributed by atoms with Crippen LogP contribution in [0, 0.1) is 0 Å². The van der Waals surface area contributed by atoms with Crippen LogP contribution in [0.5, 0.6) is 0 Å². The second kappa shape index (κ2) is 13.2. The molecule has 7 heteroatoms. The lowest BCUT2D eigenvalue weighted by Gasteiger charge is -2.11. The minimum absolute atomic E-state index is 0. The Balaban J connectivity index is 0.00000364. The number of benzene rings is 1. The summed E-state index contributed by atoms with van der Waals surface area (Å²) >= 11 is 0. The smallest absolute Gasteiger partial charge is 0.291 e. The van der Waals surface area contributed by atoms with Crippen molar-refractivity contribution >= 4 is 41.5 Å². The van der Waals surface area contributed by atoms with Crippen LogP contribution in [-0.2, 0) is 6.54 Å². The van der Waals surface area contributed by atoms with Gasteiger partial charge in [-0.15, -0.1) is 24.0 Å². The second-order valence-electron chi connectivity index (χ2n) is 5.96. The summed E-state index contributed by atoms with van der Waals surface area (Å²) in [4.78, 5) is 16.7. The summed E-state index contributed by atoms with van der Waals surface area (Å²) < 4.78 is 5.11. The average molecular weight is 484 g/mol. The van der Waals surface area contributed by atoms with Crippen molar-refractivity contribution in [2.75, 3.05) is 18.4 Å². The molecule has 148 valence electrons. The lowest BCUT2D eigenvalue weighted by molar-refractivity contribution is 0.0996. The van der Waals surface area contributed by atoms with E-state index in [4.69, 9.17) is 4.42 Å². The summed E-state index contributed by atoms with van der Waals surface area (Å²) in [6.07, 6.45) is 5.03. The average Bonchev–Trinajstić information content (AvgIpc) is 3.18. The first kappa shape index (κ1) is 23.0. The minimum atomic E-state index is -0.262. The first-order valence-corrected chi connectivity index (χ1v) is 9.19. The van der Waals surface area contributed by atoms with Crippen molar-refractivity contribution in [3.05, 3.63) is 54.0 Å². The number of anilines is 1. The molecule has 2 rings (SSSR count). The molecule has 0 spiro atoms. The Labute approximate surface area is 178 Å². The Kier molecular flexibility index (Phi) is 11.2. The number of aliphatic imine (C=N–C) groups is 1. The van der Waals surface area contributed by atoms with E-state index < -0.39 is 0 Å². The quantitative estimate of drug-likeness (QED) is 0.214. The maximum atomic E-state index is 12.1. The molecule has 0 atom stereocenters. The Bertz CT molecular complexity index is 702. The van der Waals surface area contributed by atoms with Crippen LogP contribution in [0.25, 0.3) is 0 Å². The molecule has 1 heterocycles. The zero-order valence-electron chi connectivity index (χ0n) is 16.0. The van der Waals surface area contributed by atoms with Crippen LogP contribution >= 0.6 is 24.0 Å². The molecule has 0 aliphatic carbocycles. The van der Waals surface area contributed by atoms with E-state index in [0.29, 0.717) is 12.3 Å². The monoisotopic (exact) mass is 484 g/mol. The van der Waals surface area contributed by atoms with Crippen LogP contribution < -0.4 is 16.0 Å². The van der Waals surface area contributed by atoms with Gasteiger partial charge in [0.2, 0.25) is 0 Å². The zero-order valence-corrected chi connectivity index (χ0v) is 18.3. The highest BCUT2D eigenvalue weighted by Crippen LogP contribution is 2.13. The van der Waals surface area contributed by atoms with Crippen molar-refractivity contribution < 1.29 is 9.21 Å². The molecule has 0 saturated heterocycles. The van der Waals surface area contributed by atoms with E-state index in [1.54, 1.807) is 12.1 Å². The number of rotatable bonds is 9. The largest absolute Gasteiger partial charge is 0.459 e. The molecule has 0 aliphatic rings. The highest BCUT2D eigenvalue weighted by Gasteiger charge is 2.08. The minimum Gasteiger partial charge on any atom is -0.459 e. The molecule has 0 bridgehead atoms. The highest BCUT2D eigenvalue weighted by molar-refractivity contribution is 14.0. The number of guanidine groups is 1. The summed E-state index contributed by atoms with van der Waals surface area (Å²) in [5.74, 6) is 0.842. The normalized spacial score (nSPS) is 10.8. The second-order valence-corrected chi connectivity index (χ2v) is 5.96. The van der Waals surface area contributed by atoms with Crippen molar-refractivity contribution in [1.82, 2.24) is 10.6 Å². The number of halogens is 1. The van der Waals surface area contributed by atoms with Gasteiger partial charge in [-0.2, -0.15) is 0 Å². The van der Waals surface area contributed by atoms with E-state index in [2.05, 4.69) is 27.9 Å². The first-order valence-electron chi connectivity index (χ1n) is 9.19. The van der Waals surface area contributed by atoms with Crippen LogP contribution in [0.1, 0.15) is 49.2 Å². The standard InChI is InChI=1S/C20H28N4O2.HI/c1-3-5-6-12-22-20(21-4-2)23-15-16-9-7-10-17(14-16)24-19(25)18-11-8-13-26-18;/h7-11,13-14H,3-6,12,15H2,1-2H3,(H,24,25)(H2,21,22,23);1H. The Morgan fingerprint density at radius 1 is 1.11 bits per heavy atom. The van der Waals surface area contributed by atoms with Gasteiger partial charge < -0.3 is 20.4 Å². The third-order valence-electron chi connectivity index (χ3n) is 3.77. The van der Waals surface area contributed by atoms with Gasteiger partial charge in [0.15, 0.2) is 11.7 Å². The summed E-state index contributed by atoms with van der Waals surface area (Å²) in [5, 5.41) is 9.43. The fourth-order valence-electron chi connectivity index (χ4n) is 2.44. The Morgan fingerprint density at radius 2 is 1.96 bits per heavy atom. The fraction of sp³-hybridized carbons (Fsp3) is 0.400. The van der Waals surface area contributed by atoms with E-state index in [9.17, 15) is 4.79 Å². The third-order valence-corrected chi connectivity index (χ3v) is 3.77. The Morgan fingerprint density at radius 3 is 2.67 bits per heavy atom. The van der Waals surface area contributed by atoms with Crippen molar-refractivity contribution in [2.45, 2.75) is 39.7 Å². The fourth-order valence-corrected chi connectivity index (χ4v) is 2.44. The van der Waals surface area contributed by atoms with Gasteiger partial charge in [0.1, 0.15) is 0 Å². The van der Waals surface area contributed by atoms with Gasteiger partial charge >= 0.3 is 0 Å². The molecular weight excluding hydrogens is 455 g/mol. The van der Waals surface area contributed by atoms with Crippen molar-refractivity contribution in [3.8, 4) is 0 Å². The van der Waals surface area contributed by atoms with Gasteiger partial charge in [-0.25, -0.2) is 4.99 Å². The number of nitrogens with one attached hydrogen (secondary N) is 3. The zero-order chi connectivity index (χ0) is 18.6. The number of amides is 1. The molecule has 0 saturated carbocycles. The van der Waals surface area contributed by atoms with E-state index in [-0.39, 0.29) is 29.9 Å². The molecule has 0 unspecified atom stereocenters. The van der Waals surface area contributed by atoms with Gasteiger partial charge in [0, 0.05) is 18.8 Å². The molecule has 1 aromatic carbocycles. The van der Waals surface area contributed by atoms with Gasteiger partial charge in [-0.1, -0.05) is 31.9 Å². The van der Waals surface area contributed by atoms with Crippen molar-refractivity contribution in [1.29, 1.82) is 0 Å². The SMILES string of the molecule is CCCCCNC(=NCc1cccc(NC(=O)c2ccco2)c1)NCC.I. The van der Waals surface area contributed by atoms with Crippen molar-refractivity contribution in [3.63, 3.8) is 0 Å². The van der Waals surface area contributed by atoms with Gasteiger partial charge in [-0.05, 0) is 43.2 Å². The Hall–Kier alpha value is -2.03. The maximum Gasteiger partial charge on any atom is 0.291 e. The molecule has 1 aromatic heterocycles. The van der Waals surface area contributed by atoms with E-state index in [1.807, 2.05) is 31.2 Å². The molecule has 27 heavy (non-hydrogen) atoms. The van der Waals surface area contributed by atoms with Crippen molar-refractivity contribution in [2.24, 2.45) is 4.99 Å². The number of carbonyl (C=O) groups excluding carboxylic acids is 1. The van der Waals surface area contributed by atoms with E-state index >= 15 is 0 Å². The number of furan rings is 1. The maximum absolute atomic E-state index is 12.1. The van der Waals surface area contributed by atoms with Gasteiger partial charge in [0.05, 0.1) is 12.8 Å². The summed E-state index contributed by atoms with van der Waals surface area (Å²) in [6, 6.07) is 11.0. The van der Waals surface area contributed by atoms with Crippen LogP contribution in [0.4, 0.5) is 5.69 Å². The van der Waals surface area contributed by atoms with E-state index in [1.165, 1.54) is 19.1 Å². The molecule has 0 aliphatic heterocycles. The molecule has 6 nitrogen and oxygen atoms in total. The lowest BCUT2D eigenvalue weighted by atomic mass is 10.2. The number of carbonyl (C=O) groups is 1.